The molecule has 2 heteroatoms. The molecule has 0 aromatic heterocycles. The fraction of sp³-hybridized carbons (Fsp3) is 1.00. The molecule has 9 heavy (non-hydrogen) atoms. The summed E-state index contributed by atoms with van der Waals surface area (Å²) in [6.45, 7) is 3.74. The molecule has 1 rings (SSSR count). The van der Waals surface area contributed by atoms with Gasteiger partial charge in [-0.2, -0.15) is 0 Å². The summed E-state index contributed by atoms with van der Waals surface area (Å²) in [7, 11) is 0. The zero-order chi connectivity index (χ0) is 7.12. The van der Waals surface area contributed by atoms with Gasteiger partial charge in [0.25, 0.3) is 0 Å². The summed E-state index contributed by atoms with van der Waals surface area (Å²) in [5.41, 5.74) is 4.82. The van der Waals surface area contributed by atoms with Crippen molar-refractivity contribution in [3.63, 3.8) is 0 Å². The predicted molar refractivity (Wildman–Crippen MR) is 37.1 cm³/mol. The Morgan fingerprint density at radius 2 is 1.89 bits per heavy atom. The monoisotopic (exact) mass is 129 g/mol. The highest BCUT2D eigenvalue weighted by atomic mass is 16.3. The average molecular weight is 129 g/mol. The Morgan fingerprint density at radius 3 is 2.00 bits per heavy atom. The number of aliphatic hydroxyl groups is 1. The average Bonchev–Trinajstić information content (AvgIpc) is 1.81. The number of rotatable bonds is 0. The van der Waals surface area contributed by atoms with E-state index in [2.05, 4.69) is 0 Å². The molecule has 0 aromatic carbocycles. The van der Waals surface area contributed by atoms with E-state index < -0.39 is 5.60 Å². The zero-order valence-electron chi connectivity index (χ0n) is 6.15. The van der Waals surface area contributed by atoms with Gasteiger partial charge in [0.2, 0.25) is 0 Å². The normalized spacial score (nSPS) is 52.0. The van der Waals surface area contributed by atoms with Crippen molar-refractivity contribution in [2.45, 2.75) is 44.2 Å². The van der Waals surface area contributed by atoms with Crippen LogP contribution in [0.5, 0.6) is 0 Å². The van der Waals surface area contributed by atoms with Crippen LogP contribution in [0.2, 0.25) is 0 Å². The Bertz CT molecular complexity index is 104. The molecule has 3 N–H and O–H groups in total. The lowest BCUT2D eigenvalue weighted by atomic mass is 9.87. The molecule has 0 heterocycles. The highest BCUT2D eigenvalue weighted by Gasteiger charge is 2.43. The van der Waals surface area contributed by atoms with Gasteiger partial charge in [0.05, 0.1) is 5.60 Å². The minimum atomic E-state index is -0.632. The Balaban J connectivity index is 2.75. The third-order valence-corrected chi connectivity index (χ3v) is 2.59. The van der Waals surface area contributed by atoms with Gasteiger partial charge in [0.15, 0.2) is 0 Å². The van der Waals surface area contributed by atoms with E-state index in [1.807, 2.05) is 13.8 Å². The second-order valence-corrected chi connectivity index (χ2v) is 3.54. The first-order valence-electron chi connectivity index (χ1n) is 3.47. The summed E-state index contributed by atoms with van der Waals surface area (Å²) in [4.78, 5) is 0. The van der Waals surface area contributed by atoms with Crippen molar-refractivity contribution in [2.75, 3.05) is 0 Å². The van der Waals surface area contributed by atoms with Crippen LogP contribution in [0.15, 0.2) is 0 Å². The Morgan fingerprint density at radius 1 is 1.33 bits per heavy atom. The molecule has 1 saturated carbocycles. The van der Waals surface area contributed by atoms with E-state index in [4.69, 9.17) is 5.73 Å². The Kier molecular flexibility index (Phi) is 1.33. The van der Waals surface area contributed by atoms with Gasteiger partial charge in [-0.3, -0.25) is 0 Å². The fourth-order valence-electron chi connectivity index (χ4n) is 1.35. The molecule has 0 bridgehead atoms. The summed E-state index contributed by atoms with van der Waals surface area (Å²) >= 11 is 0. The first kappa shape index (κ1) is 7.03. The van der Waals surface area contributed by atoms with Crippen molar-refractivity contribution in [1.29, 1.82) is 0 Å². The first-order chi connectivity index (χ1) is 3.96. The second-order valence-electron chi connectivity index (χ2n) is 3.54. The molecule has 0 aliphatic heterocycles. The molecular formula is C7H15NO. The SMILES string of the molecule is CC1(N)CCCC1(C)O. The molecule has 54 valence electrons. The maximum absolute atomic E-state index is 9.60. The number of hydrogen-bond acceptors (Lipinski definition) is 2. The lowest BCUT2D eigenvalue weighted by Gasteiger charge is -2.32. The minimum absolute atomic E-state index is 0.354. The van der Waals surface area contributed by atoms with E-state index in [9.17, 15) is 5.11 Å². The molecule has 0 radical (unpaired) electrons. The van der Waals surface area contributed by atoms with Crippen LogP contribution in [0, 0.1) is 0 Å². The summed E-state index contributed by atoms with van der Waals surface area (Å²) in [5.74, 6) is 0. The standard InChI is InChI=1S/C7H15NO/c1-6(8)4-3-5-7(6,2)9/h9H,3-5,8H2,1-2H3. The van der Waals surface area contributed by atoms with Gasteiger partial charge in [-0.15, -0.1) is 0 Å². The Labute approximate surface area is 56.1 Å². The molecule has 1 aliphatic carbocycles. The number of hydrogen-bond donors (Lipinski definition) is 2. The minimum Gasteiger partial charge on any atom is -0.388 e. The van der Waals surface area contributed by atoms with Crippen molar-refractivity contribution in [3.8, 4) is 0 Å². The molecule has 0 saturated heterocycles. The summed E-state index contributed by atoms with van der Waals surface area (Å²) in [6, 6.07) is 0. The molecule has 0 spiro atoms. The van der Waals surface area contributed by atoms with Crippen LogP contribution in [0.4, 0.5) is 0 Å². The van der Waals surface area contributed by atoms with E-state index in [0.717, 1.165) is 19.3 Å². The van der Waals surface area contributed by atoms with Crippen LogP contribution in [-0.2, 0) is 0 Å². The summed E-state index contributed by atoms with van der Waals surface area (Å²) < 4.78 is 0. The lowest BCUT2D eigenvalue weighted by Crippen LogP contribution is -2.52. The Hall–Kier alpha value is -0.0800. The number of nitrogens with two attached hydrogens (primary N) is 1. The van der Waals surface area contributed by atoms with Gasteiger partial charge in [-0.05, 0) is 33.1 Å². The van der Waals surface area contributed by atoms with Crippen molar-refractivity contribution >= 4 is 0 Å². The van der Waals surface area contributed by atoms with Crippen LogP contribution >= 0.6 is 0 Å². The van der Waals surface area contributed by atoms with Gasteiger partial charge in [-0.25, -0.2) is 0 Å². The first-order valence-corrected chi connectivity index (χ1v) is 3.47. The van der Waals surface area contributed by atoms with Crippen LogP contribution in [0.25, 0.3) is 0 Å². The third-order valence-electron chi connectivity index (χ3n) is 2.59. The van der Waals surface area contributed by atoms with Crippen LogP contribution in [-0.4, -0.2) is 16.2 Å². The largest absolute Gasteiger partial charge is 0.388 e. The van der Waals surface area contributed by atoms with E-state index in [1.54, 1.807) is 0 Å². The summed E-state index contributed by atoms with van der Waals surface area (Å²) in [5, 5.41) is 9.60. The van der Waals surface area contributed by atoms with E-state index in [1.165, 1.54) is 0 Å². The molecule has 0 aromatic rings. The van der Waals surface area contributed by atoms with Crippen molar-refractivity contribution in [2.24, 2.45) is 5.73 Å². The van der Waals surface area contributed by atoms with Crippen molar-refractivity contribution in [3.05, 3.63) is 0 Å². The molecular weight excluding hydrogens is 114 g/mol. The van der Waals surface area contributed by atoms with E-state index in [0.29, 0.717) is 0 Å². The maximum atomic E-state index is 9.60. The lowest BCUT2D eigenvalue weighted by molar-refractivity contribution is 0.0114. The molecule has 2 unspecified atom stereocenters. The van der Waals surface area contributed by atoms with Crippen LogP contribution in [0.1, 0.15) is 33.1 Å². The molecule has 2 atom stereocenters. The van der Waals surface area contributed by atoms with E-state index in [-0.39, 0.29) is 5.54 Å². The smallest absolute Gasteiger partial charge is 0.0795 e. The topological polar surface area (TPSA) is 46.2 Å². The quantitative estimate of drug-likeness (QED) is 0.504. The predicted octanol–water partition coefficient (Wildman–Crippen LogP) is 0.639. The van der Waals surface area contributed by atoms with Crippen LogP contribution < -0.4 is 5.73 Å². The molecule has 1 aliphatic rings. The van der Waals surface area contributed by atoms with Crippen molar-refractivity contribution < 1.29 is 5.11 Å². The van der Waals surface area contributed by atoms with Crippen molar-refractivity contribution in [1.82, 2.24) is 0 Å². The highest BCUT2D eigenvalue weighted by Crippen LogP contribution is 2.36. The highest BCUT2D eigenvalue weighted by molar-refractivity contribution is 5.02. The zero-order valence-corrected chi connectivity index (χ0v) is 6.15. The summed E-state index contributed by atoms with van der Waals surface area (Å²) in [6.07, 6.45) is 2.85. The molecule has 2 nitrogen and oxygen atoms in total. The van der Waals surface area contributed by atoms with Gasteiger partial charge < -0.3 is 10.8 Å². The molecule has 0 amide bonds. The van der Waals surface area contributed by atoms with Gasteiger partial charge in [-0.1, -0.05) is 0 Å². The second kappa shape index (κ2) is 1.70. The van der Waals surface area contributed by atoms with Crippen LogP contribution in [0.3, 0.4) is 0 Å². The fourth-order valence-corrected chi connectivity index (χ4v) is 1.35. The van der Waals surface area contributed by atoms with E-state index >= 15 is 0 Å². The molecule has 1 fully saturated rings. The maximum Gasteiger partial charge on any atom is 0.0795 e. The van der Waals surface area contributed by atoms with Gasteiger partial charge in [0, 0.05) is 5.54 Å². The third kappa shape index (κ3) is 0.970. The van der Waals surface area contributed by atoms with Gasteiger partial charge in [0.1, 0.15) is 0 Å². The van der Waals surface area contributed by atoms with Gasteiger partial charge >= 0.3 is 0 Å².